The Morgan fingerprint density at radius 3 is 2.64 bits per heavy atom. The maximum Gasteiger partial charge on any atom is 0.349 e. The van der Waals surface area contributed by atoms with Crippen molar-refractivity contribution in [1.29, 1.82) is 0 Å². The highest BCUT2D eigenvalue weighted by Crippen LogP contribution is 2.25. The average Bonchev–Trinajstić information content (AvgIpc) is 2.49. The molecule has 2 aromatic carbocycles. The number of Topliss-reactive ketones (excluding diaryl/α,β-unsaturated/α-hetero) is 1. The van der Waals surface area contributed by atoms with E-state index < -0.39 is 5.97 Å². The van der Waals surface area contributed by atoms with E-state index in [2.05, 4.69) is 0 Å². The smallest absolute Gasteiger partial charge is 0.349 e. The highest BCUT2D eigenvalue weighted by atomic mass is 35.5. The minimum absolute atomic E-state index is 0.0698. The second-order valence-electron chi connectivity index (χ2n) is 4.78. The first-order valence-corrected chi connectivity index (χ1v) is 7.04. The molecule has 0 spiro atoms. The predicted molar refractivity (Wildman–Crippen MR) is 83.8 cm³/mol. The molecule has 22 heavy (non-hydrogen) atoms. The topological polar surface area (TPSA) is 52.6 Å². The first-order chi connectivity index (χ1) is 10.5. The monoisotopic (exact) mass is 318 g/mol. The molecule has 0 fully saturated rings. The predicted octanol–water partition coefficient (Wildman–Crippen LogP) is 3.84. The summed E-state index contributed by atoms with van der Waals surface area (Å²) in [4.78, 5) is 23.1. The number of esters is 1. The number of halogens is 1. The van der Waals surface area contributed by atoms with Crippen LogP contribution in [0.15, 0.2) is 42.5 Å². The van der Waals surface area contributed by atoms with Crippen LogP contribution < -0.4 is 9.47 Å². The maximum atomic E-state index is 11.8. The van der Waals surface area contributed by atoms with Gasteiger partial charge in [-0.1, -0.05) is 29.8 Å². The molecule has 0 bridgehead atoms. The molecule has 0 aliphatic rings. The Morgan fingerprint density at radius 2 is 1.91 bits per heavy atom. The summed E-state index contributed by atoms with van der Waals surface area (Å²) in [6, 6.07) is 11.8. The van der Waals surface area contributed by atoms with Gasteiger partial charge in [0.2, 0.25) is 0 Å². The van der Waals surface area contributed by atoms with Crippen molar-refractivity contribution in [3.05, 3.63) is 58.6 Å². The SMILES string of the molecule is CC(=O)c1cccc(OCC(=O)Oc2cc(C)ccc2Cl)c1. The number of hydrogen-bond donors (Lipinski definition) is 0. The Kier molecular flexibility index (Phi) is 5.17. The summed E-state index contributed by atoms with van der Waals surface area (Å²) in [5, 5.41) is 0.359. The molecule has 0 amide bonds. The summed E-state index contributed by atoms with van der Waals surface area (Å²) in [7, 11) is 0. The Labute approximate surface area is 133 Å². The summed E-state index contributed by atoms with van der Waals surface area (Å²) in [6.45, 7) is 3.07. The molecule has 114 valence electrons. The highest BCUT2D eigenvalue weighted by Gasteiger charge is 2.10. The highest BCUT2D eigenvalue weighted by molar-refractivity contribution is 6.32. The van der Waals surface area contributed by atoms with Crippen LogP contribution in [0.1, 0.15) is 22.8 Å². The molecule has 0 aliphatic heterocycles. The zero-order valence-electron chi connectivity index (χ0n) is 12.3. The molecular weight excluding hydrogens is 304 g/mol. The van der Waals surface area contributed by atoms with Gasteiger partial charge in [0.1, 0.15) is 11.5 Å². The Hall–Kier alpha value is -2.33. The third-order valence-corrected chi connectivity index (χ3v) is 3.22. The van der Waals surface area contributed by atoms with Gasteiger partial charge in [-0.05, 0) is 43.7 Å². The van der Waals surface area contributed by atoms with Crippen LogP contribution in [0.4, 0.5) is 0 Å². The van der Waals surface area contributed by atoms with E-state index in [4.69, 9.17) is 21.1 Å². The van der Waals surface area contributed by atoms with Crippen LogP contribution in [0.25, 0.3) is 0 Å². The van der Waals surface area contributed by atoms with Gasteiger partial charge in [-0.2, -0.15) is 0 Å². The van der Waals surface area contributed by atoms with E-state index in [0.717, 1.165) is 5.56 Å². The van der Waals surface area contributed by atoms with Crippen LogP contribution >= 0.6 is 11.6 Å². The van der Waals surface area contributed by atoms with Crippen LogP contribution in [-0.2, 0) is 4.79 Å². The molecule has 0 unspecified atom stereocenters. The van der Waals surface area contributed by atoms with Crippen LogP contribution in [0.2, 0.25) is 5.02 Å². The van der Waals surface area contributed by atoms with Crippen LogP contribution in [0.5, 0.6) is 11.5 Å². The molecule has 2 aromatic rings. The number of rotatable bonds is 5. The number of ketones is 1. The molecule has 0 N–H and O–H groups in total. The third-order valence-electron chi connectivity index (χ3n) is 2.91. The summed E-state index contributed by atoms with van der Waals surface area (Å²) < 4.78 is 10.5. The van der Waals surface area contributed by atoms with Gasteiger partial charge < -0.3 is 9.47 Å². The van der Waals surface area contributed by atoms with Crippen molar-refractivity contribution in [2.75, 3.05) is 6.61 Å². The van der Waals surface area contributed by atoms with Gasteiger partial charge in [0.05, 0.1) is 5.02 Å². The molecule has 0 saturated heterocycles. The van der Waals surface area contributed by atoms with Crippen molar-refractivity contribution in [2.24, 2.45) is 0 Å². The van der Waals surface area contributed by atoms with Crippen LogP contribution in [0.3, 0.4) is 0 Å². The summed E-state index contributed by atoms with van der Waals surface area (Å²) in [5.74, 6) is 0.0908. The van der Waals surface area contributed by atoms with E-state index in [9.17, 15) is 9.59 Å². The lowest BCUT2D eigenvalue weighted by molar-refractivity contribution is -0.136. The molecule has 0 aliphatic carbocycles. The number of carbonyl (C=O) groups is 2. The summed E-state index contributed by atoms with van der Waals surface area (Å²) in [6.07, 6.45) is 0. The molecule has 2 rings (SSSR count). The maximum absolute atomic E-state index is 11.8. The van der Waals surface area contributed by atoms with Crippen molar-refractivity contribution >= 4 is 23.4 Å². The minimum Gasteiger partial charge on any atom is -0.482 e. The van der Waals surface area contributed by atoms with E-state index in [1.807, 2.05) is 13.0 Å². The van der Waals surface area contributed by atoms with Crippen LogP contribution in [0, 0.1) is 6.92 Å². The van der Waals surface area contributed by atoms with Gasteiger partial charge in [0, 0.05) is 5.56 Å². The molecule has 0 saturated carbocycles. The van der Waals surface area contributed by atoms with Gasteiger partial charge in [-0.3, -0.25) is 4.79 Å². The fraction of sp³-hybridized carbons (Fsp3) is 0.176. The zero-order valence-corrected chi connectivity index (χ0v) is 13.0. The van der Waals surface area contributed by atoms with Crippen molar-refractivity contribution < 1.29 is 19.1 Å². The largest absolute Gasteiger partial charge is 0.482 e. The lowest BCUT2D eigenvalue weighted by Crippen LogP contribution is -2.18. The summed E-state index contributed by atoms with van der Waals surface area (Å²) in [5.41, 5.74) is 1.45. The first kappa shape index (κ1) is 16.0. The van der Waals surface area contributed by atoms with Crippen molar-refractivity contribution in [2.45, 2.75) is 13.8 Å². The van der Waals surface area contributed by atoms with Gasteiger partial charge in [-0.25, -0.2) is 4.79 Å². The Balaban J connectivity index is 1.97. The standard InChI is InChI=1S/C17H15ClO4/c1-11-6-7-15(18)16(8-11)22-17(20)10-21-14-5-3-4-13(9-14)12(2)19/h3-9H,10H2,1-2H3. The number of hydrogen-bond acceptors (Lipinski definition) is 4. The van der Waals surface area contributed by atoms with E-state index in [1.54, 1.807) is 36.4 Å². The fourth-order valence-corrected chi connectivity index (χ4v) is 1.94. The Morgan fingerprint density at radius 1 is 1.14 bits per heavy atom. The minimum atomic E-state index is -0.569. The second kappa shape index (κ2) is 7.09. The molecule has 0 heterocycles. The van der Waals surface area contributed by atoms with Gasteiger partial charge in [0.25, 0.3) is 0 Å². The van der Waals surface area contributed by atoms with Gasteiger partial charge >= 0.3 is 5.97 Å². The quantitative estimate of drug-likeness (QED) is 0.477. The molecule has 0 atom stereocenters. The molecular formula is C17H15ClO4. The molecule has 5 heteroatoms. The second-order valence-corrected chi connectivity index (χ2v) is 5.19. The molecule has 4 nitrogen and oxygen atoms in total. The van der Waals surface area contributed by atoms with E-state index in [1.165, 1.54) is 6.92 Å². The van der Waals surface area contributed by atoms with E-state index >= 15 is 0 Å². The molecule has 0 radical (unpaired) electrons. The van der Waals surface area contributed by atoms with Crippen molar-refractivity contribution in [3.63, 3.8) is 0 Å². The van der Waals surface area contributed by atoms with Crippen molar-refractivity contribution in [3.8, 4) is 11.5 Å². The lowest BCUT2D eigenvalue weighted by Gasteiger charge is -2.09. The first-order valence-electron chi connectivity index (χ1n) is 6.66. The number of carbonyl (C=O) groups excluding carboxylic acids is 2. The van der Waals surface area contributed by atoms with Crippen molar-refractivity contribution in [1.82, 2.24) is 0 Å². The number of benzene rings is 2. The molecule has 0 aromatic heterocycles. The number of aryl methyl sites for hydroxylation is 1. The summed E-state index contributed by atoms with van der Waals surface area (Å²) >= 11 is 5.96. The fourth-order valence-electron chi connectivity index (χ4n) is 1.79. The van der Waals surface area contributed by atoms with Gasteiger partial charge in [0.15, 0.2) is 12.4 Å². The average molecular weight is 319 g/mol. The van der Waals surface area contributed by atoms with E-state index in [0.29, 0.717) is 22.1 Å². The third kappa shape index (κ3) is 4.33. The lowest BCUT2D eigenvalue weighted by atomic mass is 10.1. The Bertz CT molecular complexity index is 710. The normalized spacial score (nSPS) is 10.1. The van der Waals surface area contributed by atoms with Gasteiger partial charge in [-0.15, -0.1) is 0 Å². The van der Waals surface area contributed by atoms with E-state index in [-0.39, 0.29) is 12.4 Å². The van der Waals surface area contributed by atoms with Crippen LogP contribution in [-0.4, -0.2) is 18.4 Å². The number of ether oxygens (including phenoxy) is 2. The zero-order chi connectivity index (χ0) is 16.1.